The number of rotatable bonds is 2. The number of nitrogens with zero attached hydrogens (tertiary/aromatic N) is 3. The topological polar surface area (TPSA) is 55.3 Å². The summed E-state index contributed by atoms with van der Waals surface area (Å²) in [4.78, 5) is 22.7. The van der Waals surface area contributed by atoms with Gasteiger partial charge in [-0.25, -0.2) is 14.4 Å². The molecule has 2 aromatic rings. The molecule has 0 unspecified atom stereocenters. The van der Waals surface area contributed by atoms with Gasteiger partial charge in [-0.3, -0.25) is 4.79 Å². The summed E-state index contributed by atoms with van der Waals surface area (Å²) in [5.74, 6) is 0.211. The largest absolute Gasteiger partial charge is 0.370 e. The smallest absolute Gasteiger partial charge is 0.257 e. The lowest BCUT2D eigenvalue weighted by Crippen LogP contribution is -2.42. The van der Waals surface area contributed by atoms with Crippen LogP contribution in [-0.2, 0) is 4.74 Å². The fourth-order valence-electron chi connectivity index (χ4n) is 2.71. The molecule has 5 nitrogen and oxygen atoms in total. The molecule has 3 rings (SSSR count). The number of halogens is 1. The highest BCUT2D eigenvalue weighted by Crippen LogP contribution is 2.24. The monoisotopic (exact) mass is 315 g/mol. The molecule has 0 N–H and O–H groups in total. The van der Waals surface area contributed by atoms with Crippen LogP contribution in [0.15, 0.2) is 30.5 Å². The molecule has 0 radical (unpaired) electrons. The number of ether oxygens (including phenoxy) is 1. The normalized spacial score (nSPS) is 18.0. The van der Waals surface area contributed by atoms with Crippen molar-refractivity contribution in [1.82, 2.24) is 14.9 Å². The van der Waals surface area contributed by atoms with E-state index in [0.29, 0.717) is 36.8 Å². The molecule has 1 aromatic heterocycles. The van der Waals surface area contributed by atoms with Crippen molar-refractivity contribution < 1.29 is 13.9 Å². The molecule has 1 saturated heterocycles. The maximum Gasteiger partial charge on any atom is 0.257 e. The first-order valence-corrected chi connectivity index (χ1v) is 7.51. The SMILES string of the molecule is Cc1ncc(C(=O)N2CCO[C@@H](c3cccc(F)c3)C2)c(C)n1. The van der Waals surface area contributed by atoms with E-state index in [-0.39, 0.29) is 17.8 Å². The van der Waals surface area contributed by atoms with Gasteiger partial charge >= 0.3 is 0 Å². The van der Waals surface area contributed by atoms with Gasteiger partial charge in [-0.2, -0.15) is 0 Å². The van der Waals surface area contributed by atoms with Crippen molar-refractivity contribution in [2.45, 2.75) is 20.0 Å². The van der Waals surface area contributed by atoms with Crippen molar-refractivity contribution in [2.75, 3.05) is 19.7 Å². The van der Waals surface area contributed by atoms with Gasteiger partial charge in [0.25, 0.3) is 5.91 Å². The van der Waals surface area contributed by atoms with Crippen LogP contribution in [0, 0.1) is 19.7 Å². The lowest BCUT2D eigenvalue weighted by Gasteiger charge is -2.33. The zero-order valence-electron chi connectivity index (χ0n) is 13.1. The Hall–Kier alpha value is -2.34. The molecular weight excluding hydrogens is 297 g/mol. The summed E-state index contributed by atoms with van der Waals surface area (Å²) in [6, 6.07) is 6.29. The predicted molar refractivity (Wildman–Crippen MR) is 82.5 cm³/mol. The second-order valence-corrected chi connectivity index (χ2v) is 5.58. The first-order chi connectivity index (χ1) is 11.0. The van der Waals surface area contributed by atoms with Crippen LogP contribution in [0.4, 0.5) is 4.39 Å². The van der Waals surface area contributed by atoms with Gasteiger partial charge in [0.1, 0.15) is 17.7 Å². The second-order valence-electron chi connectivity index (χ2n) is 5.58. The zero-order chi connectivity index (χ0) is 16.4. The molecule has 2 heterocycles. The lowest BCUT2D eigenvalue weighted by molar-refractivity contribution is -0.0229. The Morgan fingerprint density at radius 3 is 2.96 bits per heavy atom. The molecule has 120 valence electrons. The molecular formula is C17H18FN3O2. The summed E-state index contributed by atoms with van der Waals surface area (Å²) in [5.41, 5.74) is 1.89. The van der Waals surface area contributed by atoms with Gasteiger partial charge < -0.3 is 9.64 Å². The van der Waals surface area contributed by atoms with Gasteiger partial charge in [0, 0.05) is 12.7 Å². The Bertz CT molecular complexity index is 736. The van der Waals surface area contributed by atoms with Crippen molar-refractivity contribution in [3.63, 3.8) is 0 Å². The Kier molecular flexibility index (Phi) is 4.34. The van der Waals surface area contributed by atoms with Crippen LogP contribution >= 0.6 is 0 Å². The van der Waals surface area contributed by atoms with Crippen LogP contribution in [0.3, 0.4) is 0 Å². The number of hydrogen-bond acceptors (Lipinski definition) is 4. The Morgan fingerprint density at radius 1 is 1.39 bits per heavy atom. The van der Waals surface area contributed by atoms with Crippen molar-refractivity contribution in [1.29, 1.82) is 0 Å². The molecule has 6 heteroatoms. The van der Waals surface area contributed by atoms with Crippen LogP contribution in [0.25, 0.3) is 0 Å². The number of aromatic nitrogens is 2. The van der Waals surface area contributed by atoms with Crippen LogP contribution in [0.5, 0.6) is 0 Å². The first-order valence-electron chi connectivity index (χ1n) is 7.51. The summed E-state index contributed by atoms with van der Waals surface area (Å²) < 4.78 is 19.1. The van der Waals surface area contributed by atoms with E-state index in [9.17, 15) is 9.18 Å². The van der Waals surface area contributed by atoms with Crippen LogP contribution in [0.1, 0.15) is 33.5 Å². The average Bonchev–Trinajstić information content (AvgIpc) is 2.54. The third kappa shape index (κ3) is 3.37. The molecule has 0 saturated carbocycles. The summed E-state index contributed by atoms with van der Waals surface area (Å²) in [5, 5.41) is 0. The standard InChI is InChI=1S/C17H18FN3O2/c1-11-15(9-19-12(2)20-11)17(22)21-6-7-23-16(10-21)13-4-3-5-14(18)8-13/h3-5,8-9,16H,6-7,10H2,1-2H3/t16-/m1/s1. The van der Waals surface area contributed by atoms with Gasteiger partial charge in [0.05, 0.1) is 24.4 Å². The Labute approximate surface area is 134 Å². The van der Waals surface area contributed by atoms with Gasteiger partial charge in [-0.05, 0) is 31.5 Å². The second kappa shape index (κ2) is 6.42. The van der Waals surface area contributed by atoms with Crippen molar-refractivity contribution in [3.05, 3.63) is 58.9 Å². The van der Waals surface area contributed by atoms with Crippen LogP contribution < -0.4 is 0 Å². The number of carbonyl (C=O) groups is 1. The number of carbonyl (C=O) groups excluding carboxylic acids is 1. The van der Waals surface area contributed by atoms with E-state index in [4.69, 9.17) is 4.74 Å². The highest BCUT2D eigenvalue weighted by atomic mass is 19.1. The minimum absolute atomic E-state index is 0.118. The molecule has 0 aliphatic carbocycles. The summed E-state index contributed by atoms with van der Waals surface area (Å²) in [7, 11) is 0. The fraction of sp³-hybridized carbons (Fsp3) is 0.353. The lowest BCUT2D eigenvalue weighted by atomic mass is 10.1. The number of morpholine rings is 1. The summed E-state index contributed by atoms with van der Waals surface area (Å²) in [6.45, 7) is 4.88. The quantitative estimate of drug-likeness (QED) is 0.854. The van der Waals surface area contributed by atoms with E-state index in [1.807, 2.05) is 6.07 Å². The first kappa shape index (κ1) is 15.6. The fourth-order valence-corrected chi connectivity index (χ4v) is 2.71. The zero-order valence-corrected chi connectivity index (χ0v) is 13.1. The van der Waals surface area contributed by atoms with E-state index in [0.717, 1.165) is 5.56 Å². The van der Waals surface area contributed by atoms with Gasteiger partial charge in [0.15, 0.2) is 0 Å². The molecule has 1 amide bonds. The minimum atomic E-state index is -0.324. The Balaban J connectivity index is 1.79. The molecule has 0 bridgehead atoms. The number of benzene rings is 1. The summed E-state index contributed by atoms with van der Waals surface area (Å²) >= 11 is 0. The van der Waals surface area contributed by atoms with Gasteiger partial charge in [-0.1, -0.05) is 12.1 Å². The van der Waals surface area contributed by atoms with Gasteiger partial charge in [0.2, 0.25) is 0 Å². The van der Waals surface area contributed by atoms with Crippen LogP contribution in [-0.4, -0.2) is 40.5 Å². The number of amides is 1. The highest BCUT2D eigenvalue weighted by Gasteiger charge is 2.27. The minimum Gasteiger partial charge on any atom is -0.370 e. The maximum absolute atomic E-state index is 13.4. The van der Waals surface area contributed by atoms with E-state index in [2.05, 4.69) is 9.97 Å². The molecule has 1 aromatic carbocycles. The van der Waals surface area contributed by atoms with E-state index in [1.54, 1.807) is 31.0 Å². The van der Waals surface area contributed by atoms with Crippen molar-refractivity contribution in [2.24, 2.45) is 0 Å². The summed E-state index contributed by atoms with van der Waals surface area (Å²) in [6.07, 6.45) is 1.24. The van der Waals surface area contributed by atoms with E-state index < -0.39 is 0 Å². The molecule has 1 aliphatic heterocycles. The van der Waals surface area contributed by atoms with Crippen LogP contribution in [0.2, 0.25) is 0 Å². The molecule has 1 aliphatic rings. The molecule has 23 heavy (non-hydrogen) atoms. The third-order valence-corrected chi connectivity index (χ3v) is 3.90. The predicted octanol–water partition coefficient (Wildman–Crippen LogP) is 2.45. The number of hydrogen-bond donors (Lipinski definition) is 0. The molecule has 1 fully saturated rings. The highest BCUT2D eigenvalue weighted by molar-refractivity contribution is 5.95. The average molecular weight is 315 g/mol. The van der Waals surface area contributed by atoms with Crippen molar-refractivity contribution >= 4 is 5.91 Å². The molecule has 1 atom stereocenters. The third-order valence-electron chi connectivity index (χ3n) is 3.90. The van der Waals surface area contributed by atoms with Crippen molar-refractivity contribution in [3.8, 4) is 0 Å². The van der Waals surface area contributed by atoms with E-state index in [1.165, 1.54) is 12.1 Å². The molecule has 0 spiro atoms. The maximum atomic E-state index is 13.4. The number of aryl methyl sites for hydroxylation is 2. The van der Waals surface area contributed by atoms with Gasteiger partial charge in [-0.15, -0.1) is 0 Å². The van der Waals surface area contributed by atoms with E-state index >= 15 is 0 Å². The Morgan fingerprint density at radius 2 is 2.22 bits per heavy atom.